The lowest BCUT2D eigenvalue weighted by molar-refractivity contribution is 0.0601. The number of esters is 1. The van der Waals surface area contributed by atoms with Crippen molar-refractivity contribution in [2.24, 2.45) is 0 Å². The first-order valence-electron chi connectivity index (χ1n) is 8.42. The molecular weight excluding hydrogens is 409 g/mol. The zero-order valence-electron chi connectivity index (χ0n) is 14.8. The van der Waals surface area contributed by atoms with Crippen molar-refractivity contribution in [2.45, 2.75) is 25.7 Å². The maximum atomic E-state index is 11.5. The summed E-state index contributed by atoms with van der Waals surface area (Å²) in [5.74, 6) is -0.462. The van der Waals surface area contributed by atoms with E-state index < -0.39 is 17.2 Å². The van der Waals surface area contributed by atoms with Crippen molar-refractivity contribution in [2.75, 3.05) is 18.0 Å². The summed E-state index contributed by atoms with van der Waals surface area (Å²) in [7, 11) is 1.30. The second-order valence-electron chi connectivity index (χ2n) is 5.88. The van der Waals surface area contributed by atoms with Crippen LogP contribution in [0.4, 0.5) is 5.69 Å². The number of hydrogen-bond donors (Lipinski definition) is 0. The molecule has 0 heterocycles. The van der Waals surface area contributed by atoms with Crippen molar-refractivity contribution in [3.05, 3.63) is 63.6 Å². The van der Waals surface area contributed by atoms with Crippen molar-refractivity contribution in [3.8, 4) is 0 Å². The second-order valence-corrected chi connectivity index (χ2v) is 7.54. The van der Waals surface area contributed by atoms with Crippen LogP contribution < -0.4 is 4.31 Å². The second kappa shape index (κ2) is 10.7. The Hall–Kier alpha value is -1.60. The third-order valence-corrected chi connectivity index (χ3v) is 5.71. The van der Waals surface area contributed by atoms with Crippen LogP contribution in [-0.4, -0.2) is 28.4 Å². The summed E-state index contributed by atoms with van der Waals surface area (Å²) < 4.78 is 29.0. The van der Waals surface area contributed by atoms with Gasteiger partial charge in [0.25, 0.3) is 0 Å². The molecule has 0 fully saturated rings. The third-order valence-electron chi connectivity index (χ3n) is 4.10. The Balaban J connectivity index is 1.87. The number of halogens is 2. The quantitative estimate of drug-likeness (QED) is 0.326. The monoisotopic (exact) mass is 428 g/mol. The van der Waals surface area contributed by atoms with Gasteiger partial charge in [-0.25, -0.2) is 4.79 Å². The van der Waals surface area contributed by atoms with Crippen LogP contribution in [0, 0.1) is 0 Å². The van der Waals surface area contributed by atoms with Gasteiger partial charge in [0.1, 0.15) is 0 Å². The SMILES string of the molecule is COC(=O)c1ccc(N(CCCCCc2cccc(Cl)c2Cl)S(=O)[O-])cc1. The smallest absolute Gasteiger partial charge is 0.337 e. The van der Waals surface area contributed by atoms with E-state index in [1.807, 2.05) is 12.1 Å². The van der Waals surface area contributed by atoms with Gasteiger partial charge in [-0.15, -0.1) is 0 Å². The van der Waals surface area contributed by atoms with Gasteiger partial charge in [-0.2, -0.15) is 0 Å². The highest BCUT2D eigenvalue weighted by Crippen LogP contribution is 2.27. The minimum Gasteiger partial charge on any atom is -0.755 e. The summed E-state index contributed by atoms with van der Waals surface area (Å²) in [6.07, 6.45) is 3.20. The zero-order chi connectivity index (χ0) is 19.8. The van der Waals surface area contributed by atoms with Crippen LogP contribution in [0.1, 0.15) is 35.2 Å². The van der Waals surface area contributed by atoms with Gasteiger partial charge in [0, 0.05) is 23.5 Å². The fraction of sp³-hybridized carbons (Fsp3) is 0.316. The van der Waals surface area contributed by atoms with E-state index >= 15 is 0 Å². The van der Waals surface area contributed by atoms with E-state index in [0.29, 0.717) is 34.3 Å². The first-order chi connectivity index (χ1) is 12.9. The Morgan fingerprint density at radius 1 is 1.11 bits per heavy atom. The molecule has 2 aromatic carbocycles. The molecular formula is C19H20Cl2NO4S-. The van der Waals surface area contributed by atoms with Crippen molar-refractivity contribution >= 4 is 46.1 Å². The number of carbonyl (C=O) groups excluding carboxylic acids is 1. The third kappa shape index (κ3) is 6.21. The molecule has 2 aromatic rings. The molecule has 1 atom stereocenters. The molecule has 0 amide bonds. The van der Waals surface area contributed by atoms with Gasteiger partial charge in [0.15, 0.2) is 0 Å². The van der Waals surface area contributed by atoms with Crippen molar-refractivity contribution < 1.29 is 18.3 Å². The number of unbranched alkanes of at least 4 members (excludes halogenated alkanes) is 2. The van der Waals surface area contributed by atoms with Gasteiger partial charge in [0.05, 0.1) is 22.7 Å². The van der Waals surface area contributed by atoms with E-state index in [-0.39, 0.29) is 0 Å². The largest absolute Gasteiger partial charge is 0.755 e. The molecule has 0 aliphatic heterocycles. The minimum atomic E-state index is -2.39. The normalized spacial score (nSPS) is 11.9. The van der Waals surface area contributed by atoms with E-state index in [1.165, 1.54) is 11.4 Å². The van der Waals surface area contributed by atoms with Crippen LogP contribution in [0.3, 0.4) is 0 Å². The number of ether oxygens (including phenoxy) is 1. The number of carbonyl (C=O) groups is 1. The first kappa shape index (κ1) is 21.7. The molecule has 2 rings (SSSR count). The van der Waals surface area contributed by atoms with Crippen LogP contribution in [0.2, 0.25) is 10.0 Å². The number of benzene rings is 2. The summed E-state index contributed by atoms with van der Waals surface area (Å²) in [6.45, 7) is 0.358. The standard InChI is InChI=1S/C19H21Cl2NO4S/c1-26-19(23)15-9-11-16(12-10-15)22(27(24)25)13-4-2-3-6-14-7-5-8-17(20)18(14)21/h5,7-12H,2-4,6,13H2,1H3,(H,24,25)/p-1. The maximum absolute atomic E-state index is 11.5. The van der Waals surface area contributed by atoms with Gasteiger partial charge in [0.2, 0.25) is 0 Å². The Bertz CT molecular complexity index is 799. The zero-order valence-corrected chi connectivity index (χ0v) is 17.1. The Labute approximate surface area is 171 Å². The van der Waals surface area contributed by atoms with E-state index in [2.05, 4.69) is 4.74 Å². The van der Waals surface area contributed by atoms with Crippen LogP contribution in [0.15, 0.2) is 42.5 Å². The topological polar surface area (TPSA) is 69.7 Å². The molecule has 0 bridgehead atoms. The number of hydrogen-bond acceptors (Lipinski definition) is 4. The molecule has 146 valence electrons. The molecule has 0 aliphatic rings. The van der Waals surface area contributed by atoms with E-state index in [4.69, 9.17) is 23.2 Å². The fourth-order valence-corrected chi connectivity index (χ4v) is 3.65. The van der Waals surface area contributed by atoms with Crippen molar-refractivity contribution in [1.82, 2.24) is 0 Å². The Kier molecular flexibility index (Phi) is 8.57. The summed E-state index contributed by atoms with van der Waals surface area (Å²) in [4.78, 5) is 11.5. The summed E-state index contributed by atoms with van der Waals surface area (Å²) >= 11 is 9.78. The number of aryl methyl sites for hydroxylation is 1. The number of methoxy groups -OCH3 is 1. The lowest BCUT2D eigenvalue weighted by atomic mass is 10.1. The molecule has 1 unspecified atom stereocenters. The van der Waals surface area contributed by atoms with Gasteiger partial charge >= 0.3 is 5.97 Å². The molecule has 0 N–H and O–H groups in total. The van der Waals surface area contributed by atoms with Crippen molar-refractivity contribution in [3.63, 3.8) is 0 Å². The number of nitrogens with zero attached hydrogens (tertiary/aromatic N) is 1. The number of anilines is 1. The molecule has 0 radical (unpaired) electrons. The van der Waals surface area contributed by atoms with E-state index in [1.54, 1.807) is 30.3 Å². The highest BCUT2D eigenvalue weighted by atomic mass is 35.5. The predicted octanol–water partition coefficient (Wildman–Crippen LogP) is 4.79. The maximum Gasteiger partial charge on any atom is 0.337 e. The van der Waals surface area contributed by atoms with Gasteiger partial charge in [-0.05, 0) is 55.2 Å². The van der Waals surface area contributed by atoms with Gasteiger partial charge in [-0.1, -0.05) is 41.8 Å². The molecule has 0 saturated carbocycles. The lowest BCUT2D eigenvalue weighted by Gasteiger charge is -2.26. The highest BCUT2D eigenvalue weighted by molar-refractivity contribution is 7.80. The summed E-state index contributed by atoms with van der Waals surface area (Å²) in [6, 6.07) is 11.8. The van der Waals surface area contributed by atoms with Crippen molar-refractivity contribution in [1.29, 1.82) is 0 Å². The predicted molar refractivity (Wildman–Crippen MR) is 108 cm³/mol. The molecule has 0 aliphatic carbocycles. The number of rotatable bonds is 9. The van der Waals surface area contributed by atoms with Crippen LogP contribution >= 0.6 is 23.2 Å². The Morgan fingerprint density at radius 2 is 1.81 bits per heavy atom. The van der Waals surface area contributed by atoms with Gasteiger partial charge < -0.3 is 13.6 Å². The fourth-order valence-electron chi connectivity index (χ4n) is 2.66. The molecule has 8 heteroatoms. The average Bonchev–Trinajstić information content (AvgIpc) is 2.67. The average molecular weight is 429 g/mol. The van der Waals surface area contributed by atoms with E-state index in [9.17, 15) is 13.6 Å². The Morgan fingerprint density at radius 3 is 2.44 bits per heavy atom. The molecule has 0 aromatic heterocycles. The molecule has 5 nitrogen and oxygen atoms in total. The van der Waals surface area contributed by atoms with Crippen LogP contribution in [0.5, 0.6) is 0 Å². The first-order valence-corrected chi connectivity index (χ1v) is 10.2. The summed E-state index contributed by atoms with van der Waals surface area (Å²) in [5, 5.41) is 1.12. The molecule has 0 saturated heterocycles. The van der Waals surface area contributed by atoms with Crippen LogP contribution in [0.25, 0.3) is 0 Å². The summed E-state index contributed by atoms with van der Waals surface area (Å²) in [5.41, 5.74) is 1.87. The molecule has 0 spiro atoms. The minimum absolute atomic E-state index is 0.358. The highest BCUT2D eigenvalue weighted by Gasteiger charge is 2.10. The lowest BCUT2D eigenvalue weighted by Crippen LogP contribution is -2.26. The van der Waals surface area contributed by atoms with Crippen LogP contribution in [-0.2, 0) is 22.4 Å². The van der Waals surface area contributed by atoms with Gasteiger partial charge in [-0.3, -0.25) is 4.21 Å². The van der Waals surface area contributed by atoms with E-state index in [0.717, 1.165) is 24.8 Å². The molecule has 27 heavy (non-hydrogen) atoms.